The number of alkyl halides is 3. The van der Waals surface area contributed by atoms with E-state index in [1.54, 1.807) is 16.9 Å². The Morgan fingerprint density at radius 3 is 2.69 bits per heavy atom. The molecular weight excluding hydrogens is 511 g/mol. The minimum atomic E-state index is -4.64. The van der Waals surface area contributed by atoms with E-state index in [9.17, 15) is 26.4 Å². The number of amides is 1. The highest BCUT2D eigenvalue weighted by molar-refractivity contribution is 7.92. The molecule has 35 heavy (non-hydrogen) atoms. The maximum atomic E-state index is 13.1. The van der Waals surface area contributed by atoms with Crippen molar-refractivity contribution in [1.82, 2.24) is 25.3 Å². The summed E-state index contributed by atoms with van der Waals surface area (Å²) in [5, 5.41) is 13.3. The third-order valence-corrected chi connectivity index (χ3v) is 6.11. The molecule has 1 amide bonds. The normalized spacial score (nSPS) is 18.4. The Labute approximate surface area is 202 Å². The molecule has 3 aromatic rings. The Hall–Kier alpha value is -3.23. The molecule has 3 N–H and O–H groups in total. The van der Waals surface area contributed by atoms with Crippen LogP contribution in [0, 0.1) is 0 Å². The van der Waals surface area contributed by atoms with Gasteiger partial charge in [0, 0.05) is 24.0 Å². The molecule has 0 spiro atoms. The van der Waals surface area contributed by atoms with Crippen LogP contribution < -0.4 is 15.4 Å². The van der Waals surface area contributed by atoms with Crippen molar-refractivity contribution in [3.8, 4) is 11.3 Å². The summed E-state index contributed by atoms with van der Waals surface area (Å²) in [6, 6.07) is 5.44. The number of benzene rings is 1. The molecule has 10 nitrogen and oxygen atoms in total. The zero-order valence-electron chi connectivity index (χ0n) is 18.0. The first-order valence-electron chi connectivity index (χ1n) is 10.2. The monoisotopic (exact) mass is 529 g/mol. The number of nitrogens with zero attached hydrogens (tertiary/aromatic N) is 4. The molecule has 1 aliphatic heterocycles. The predicted molar refractivity (Wildman–Crippen MR) is 122 cm³/mol. The lowest BCUT2D eigenvalue weighted by atomic mass is 10.1. The number of hydrogen-bond acceptors (Lipinski definition) is 7. The Kier molecular flexibility index (Phi) is 6.71. The maximum absolute atomic E-state index is 13.1. The van der Waals surface area contributed by atoms with E-state index in [-0.39, 0.29) is 17.5 Å². The lowest BCUT2D eigenvalue weighted by molar-refractivity contribution is -0.137. The fraction of sp³-hybridized carbons (Fsp3) is 0.300. The predicted octanol–water partition coefficient (Wildman–Crippen LogP) is 2.93. The number of halogens is 4. The van der Waals surface area contributed by atoms with Crippen LogP contribution in [0.15, 0.2) is 42.7 Å². The van der Waals surface area contributed by atoms with E-state index in [4.69, 9.17) is 11.6 Å². The summed E-state index contributed by atoms with van der Waals surface area (Å²) in [4.78, 5) is 16.6. The topological polar surface area (TPSA) is 131 Å². The first-order valence-corrected chi connectivity index (χ1v) is 12.4. The van der Waals surface area contributed by atoms with E-state index in [0.29, 0.717) is 24.2 Å². The molecular formula is C20H19ClF3N7O3S. The van der Waals surface area contributed by atoms with Crippen LogP contribution in [0.5, 0.6) is 0 Å². The summed E-state index contributed by atoms with van der Waals surface area (Å²) in [7, 11) is -3.44. The average Bonchev–Trinajstić information content (AvgIpc) is 3.43. The van der Waals surface area contributed by atoms with E-state index in [1.165, 1.54) is 18.3 Å². The smallest absolute Gasteiger partial charge is 0.325 e. The molecule has 15 heteroatoms. The van der Waals surface area contributed by atoms with Gasteiger partial charge in [0.1, 0.15) is 11.5 Å². The van der Waals surface area contributed by atoms with Crippen molar-refractivity contribution < 1.29 is 26.4 Å². The molecule has 0 saturated carbocycles. The number of nitrogens with one attached hydrogen (secondary N) is 3. The van der Waals surface area contributed by atoms with E-state index < -0.39 is 38.7 Å². The van der Waals surface area contributed by atoms with Gasteiger partial charge >= 0.3 is 6.18 Å². The quantitative estimate of drug-likeness (QED) is 0.447. The van der Waals surface area contributed by atoms with Crippen LogP contribution in [0.3, 0.4) is 0 Å². The minimum Gasteiger partial charge on any atom is -0.325 e. The number of sulfonamides is 1. The van der Waals surface area contributed by atoms with Crippen molar-refractivity contribution in [2.24, 2.45) is 0 Å². The number of carbonyl (C=O) groups excluding carboxylic acids is 1. The van der Waals surface area contributed by atoms with Gasteiger partial charge in [-0.2, -0.15) is 13.2 Å². The zero-order valence-corrected chi connectivity index (χ0v) is 19.6. The molecule has 1 fully saturated rings. The second-order valence-corrected chi connectivity index (χ2v) is 10.1. The summed E-state index contributed by atoms with van der Waals surface area (Å²) >= 11 is 5.62. The van der Waals surface area contributed by atoms with Gasteiger partial charge in [0.05, 0.1) is 35.1 Å². The largest absolute Gasteiger partial charge is 0.417 e. The van der Waals surface area contributed by atoms with Crippen LogP contribution in [0.25, 0.3) is 11.3 Å². The number of rotatable bonds is 6. The van der Waals surface area contributed by atoms with E-state index in [1.807, 2.05) is 0 Å². The van der Waals surface area contributed by atoms with Gasteiger partial charge in [0.25, 0.3) is 0 Å². The van der Waals surface area contributed by atoms with Crippen molar-refractivity contribution in [1.29, 1.82) is 0 Å². The molecule has 0 radical (unpaired) electrons. The summed E-state index contributed by atoms with van der Waals surface area (Å²) in [6.07, 6.45) is -0.162. The lowest BCUT2D eigenvalue weighted by Crippen LogP contribution is -2.35. The van der Waals surface area contributed by atoms with Crippen LogP contribution in [0.2, 0.25) is 5.02 Å². The minimum absolute atomic E-state index is 0.0127. The van der Waals surface area contributed by atoms with Crippen molar-refractivity contribution in [2.75, 3.05) is 22.8 Å². The maximum Gasteiger partial charge on any atom is 0.417 e. The van der Waals surface area contributed by atoms with Gasteiger partial charge in [0.15, 0.2) is 0 Å². The molecule has 3 heterocycles. The molecule has 2 atom stereocenters. The first kappa shape index (κ1) is 24.9. The van der Waals surface area contributed by atoms with Crippen LogP contribution in [-0.4, -0.2) is 53.1 Å². The zero-order chi connectivity index (χ0) is 25.4. The lowest BCUT2D eigenvalue weighted by Gasteiger charge is -2.14. The molecule has 4 rings (SSSR count). The van der Waals surface area contributed by atoms with Crippen LogP contribution in [-0.2, 0) is 21.0 Å². The standard InChI is InChI=1S/C20H19ClF3N7O3S/c1-35(33,34)29-18-5-2-11(8-26-18)17-10-31(30-28-17)13-7-16(25-9-13)19(32)27-12-3-4-15(21)14(6-12)20(22,23)24/h2-6,8,10,13,16,25H,7,9H2,1H3,(H,26,29)(H,27,32)/t13-,16-/m0/s1. The number of aromatic nitrogens is 4. The van der Waals surface area contributed by atoms with Crippen molar-refractivity contribution in [3.05, 3.63) is 53.3 Å². The Balaban J connectivity index is 1.39. The summed E-state index contributed by atoms with van der Waals surface area (Å²) < 4.78 is 65.6. The van der Waals surface area contributed by atoms with Gasteiger partial charge in [-0.3, -0.25) is 9.52 Å². The first-order chi connectivity index (χ1) is 16.4. The highest BCUT2D eigenvalue weighted by Crippen LogP contribution is 2.36. The second kappa shape index (κ2) is 9.43. The highest BCUT2D eigenvalue weighted by Gasteiger charge is 2.34. The Morgan fingerprint density at radius 2 is 2.03 bits per heavy atom. The van der Waals surface area contributed by atoms with E-state index in [0.717, 1.165) is 18.4 Å². The SMILES string of the molecule is CS(=O)(=O)Nc1ccc(-c2cn([C@@H]3CN[C@H](C(=O)Nc4ccc(Cl)c(C(F)(F)F)c4)C3)nn2)cn1. The van der Waals surface area contributed by atoms with E-state index >= 15 is 0 Å². The molecule has 1 saturated heterocycles. The second-order valence-electron chi connectivity index (χ2n) is 7.92. The Morgan fingerprint density at radius 1 is 1.26 bits per heavy atom. The summed E-state index contributed by atoms with van der Waals surface area (Å²) in [6.45, 7) is 0.394. The van der Waals surface area contributed by atoms with Gasteiger partial charge in [-0.1, -0.05) is 16.8 Å². The number of pyridine rings is 1. The fourth-order valence-corrected chi connectivity index (χ4v) is 4.28. The van der Waals surface area contributed by atoms with Crippen molar-refractivity contribution >= 4 is 39.0 Å². The van der Waals surface area contributed by atoms with Gasteiger partial charge < -0.3 is 10.6 Å². The molecule has 2 aromatic heterocycles. The molecule has 186 valence electrons. The van der Waals surface area contributed by atoms with Gasteiger partial charge in [0.2, 0.25) is 15.9 Å². The number of anilines is 2. The molecule has 0 unspecified atom stereocenters. The Bertz CT molecular complexity index is 1350. The van der Waals surface area contributed by atoms with Crippen molar-refractivity contribution in [3.63, 3.8) is 0 Å². The summed E-state index contributed by atoms with van der Waals surface area (Å²) in [5.41, 5.74) is 0.0660. The third-order valence-electron chi connectivity index (χ3n) is 5.20. The molecule has 1 aliphatic rings. The van der Waals surface area contributed by atoms with Crippen LogP contribution in [0.4, 0.5) is 24.7 Å². The molecule has 0 aliphatic carbocycles. The third kappa shape index (κ3) is 6.07. The van der Waals surface area contributed by atoms with E-state index in [2.05, 4.69) is 30.7 Å². The van der Waals surface area contributed by atoms with Crippen LogP contribution >= 0.6 is 11.6 Å². The highest BCUT2D eigenvalue weighted by atomic mass is 35.5. The summed E-state index contributed by atoms with van der Waals surface area (Å²) in [5.74, 6) is -0.318. The average molecular weight is 530 g/mol. The van der Waals surface area contributed by atoms with Gasteiger partial charge in [-0.05, 0) is 36.8 Å². The van der Waals surface area contributed by atoms with Crippen molar-refractivity contribution in [2.45, 2.75) is 24.7 Å². The number of hydrogen-bond donors (Lipinski definition) is 3. The number of carbonyl (C=O) groups is 1. The molecule has 1 aromatic carbocycles. The fourth-order valence-electron chi connectivity index (χ4n) is 3.55. The van der Waals surface area contributed by atoms with Gasteiger partial charge in [-0.15, -0.1) is 5.10 Å². The van der Waals surface area contributed by atoms with Crippen LogP contribution in [0.1, 0.15) is 18.0 Å². The van der Waals surface area contributed by atoms with Gasteiger partial charge in [-0.25, -0.2) is 18.1 Å². The molecule has 0 bridgehead atoms.